The molecule has 2 N–H and O–H groups in total. The molecule has 0 fully saturated rings. The molecule has 0 unspecified atom stereocenters. The number of thiophene rings is 1. The van der Waals surface area contributed by atoms with Crippen molar-refractivity contribution in [3.05, 3.63) is 82.0 Å². The number of anilines is 2. The van der Waals surface area contributed by atoms with Gasteiger partial charge in [0.15, 0.2) is 11.0 Å². The lowest BCUT2D eigenvalue weighted by atomic mass is 10.1. The first-order valence-electron chi connectivity index (χ1n) is 12.5. The predicted octanol–water partition coefficient (Wildman–Crippen LogP) is 5.65. The van der Waals surface area contributed by atoms with E-state index in [0.29, 0.717) is 22.9 Å². The Morgan fingerprint density at radius 2 is 1.95 bits per heavy atom. The maximum Gasteiger partial charge on any atom is 0.341 e. The van der Waals surface area contributed by atoms with Crippen LogP contribution in [0.2, 0.25) is 0 Å². The SMILES string of the molecule is COC(=O)c1c(NC(=O)CCSc2nnc(CNc3cccc(C)c3)n2-c2ccccc2)sc2c1CCC2. The lowest BCUT2D eigenvalue weighted by Crippen LogP contribution is -2.15. The quantitative estimate of drug-likeness (QED) is 0.196. The second-order valence-electron chi connectivity index (χ2n) is 8.99. The van der Waals surface area contributed by atoms with Crippen LogP contribution in [0.25, 0.3) is 5.69 Å². The van der Waals surface area contributed by atoms with Crippen LogP contribution in [0.3, 0.4) is 0 Å². The minimum absolute atomic E-state index is 0.144. The summed E-state index contributed by atoms with van der Waals surface area (Å²) in [4.78, 5) is 26.4. The molecule has 196 valence electrons. The van der Waals surface area contributed by atoms with E-state index in [1.165, 1.54) is 35.8 Å². The van der Waals surface area contributed by atoms with Gasteiger partial charge in [-0.1, -0.05) is 42.1 Å². The van der Waals surface area contributed by atoms with Crippen molar-refractivity contribution in [1.82, 2.24) is 14.8 Å². The smallest absolute Gasteiger partial charge is 0.341 e. The third-order valence-electron chi connectivity index (χ3n) is 6.31. The van der Waals surface area contributed by atoms with E-state index in [4.69, 9.17) is 4.74 Å². The Balaban J connectivity index is 1.26. The summed E-state index contributed by atoms with van der Waals surface area (Å²) in [6, 6.07) is 18.1. The number of nitrogens with one attached hydrogen (secondary N) is 2. The van der Waals surface area contributed by atoms with Crippen molar-refractivity contribution in [2.45, 2.75) is 44.3 Å². The van der Waals surface area contributed by atoms with E-state index >= 15 is 0 Å². The molecule has 2 heterocycles. The van der Waals surface area contributed by atoms with E-state index < -0.39 is 5.97 Å². The Labute approximate surface area is 229 Å². The van der Waals surface area contributed by atoms with Gasteiger partial charge in [-0.15, -0.1) is 21.5 Å². The molecular formula is C28H29N5O3S2. The fraction of sp³-hybridized carbons (Fsp3) is 0.286. The summed E-state index contributed by atoms with van der Waals surface area (Å²) in [7, 11) is 1.37. The van der Waals surface area contributed by atoms with E-state index in [0.717, 1.165) is 52.1 Å². The number of carbonyl (C=O) groups excluding carboxylic acids is 2. The van der Waals surface area contributed by atoms with E-state index in [1.807, 2.05) is 47.0 Å². The van der Waals surface area contributed by atoms with Gasteiger partial charge < -0.3 is 15.4 Å². The molecule has 2 aromatic heterocycles. The van der Waals surface area contributed by atoms with Gasteiger partial charge in [-0.2, -0.15) is 0 Å². The fourth-order valence-electron chi connectivity index (χ4n) is 4.52. The molecule has 0 aliphatic heterocycles. The molecule has 0 atom stereocenters. The van der Waals surface area contributed by atoms with Gasteiger partial charge in [0.25, 0.3) is 0 Å². The Bertz CT molecular complexity index is 1450. The van der Waals surface area contributed by atoms with Crippen LogP contribution in [0, 0.1) is 6.92 Å². The number of para-hydroxylation sites is 1. The van der Waals surface area contributed by atoms with Crippen LogP contribution in [0.15, 0.2) is 59.8 Å². The Kier molecular flexibility index (Phi) is 8.09. The number of aryl methyl sites for hydroxylation is 2. The molecule has 38 heavy (non-hydrogen) atoms. The minimum atomic E-state index is -0.392. The van der Waals surface area contributed by atoms with Crippen molar-refractivity contribution < 1.29 is 14.3 Å². The standard InChI is InChI=1S/C28H29N5O3S2/c1-18-8-6-9-19(16-18)29-17-23-31-32-28(33(23)20-10-4-3-5-11-20)37-15-14-24(34)30-26-25(27(35)36-2)21-12-7-13-22(21)38-26/h3-6,8-11,16,29H,7,12-15,17H2,1-2H3,(H,30,34). The zero-order valence-electron chi connectivity index (χ0n) is 21.3. The van der Waals surface area contributed by atoms with Crippen molar-refractivity contribution in [2.75, 3.05) is 23.5 Å². The number of hydrogen-bond acceptors (Lipinski definition) is 8. The maximum absolute atomic E-state index is 12.8. The van der Waals surface area contributed by atoms with Crippen LogP contribution in [-0.4, -0.2) is 39.5 Å². The van der Waals surface area contributed by atoms with E-state index in [2.05, 4.69) is 39.9 Å². The van der Waals surface area contributed by atoms with Gasteiger partial charge in [0.1, 0.15) is 5.00 Å². The van der Waals surface area contributed by atoms with Crippen LogP contribution in [-0.2, 0) is 28.9 Å². The Morgan fingerprint density at radius 3 is 2.74 bits per heavy atom. The molecule has 4 aromatic rings. The van der Waals surface area contributed by atoms with Gasteiger partial charge in [0, 0.05) is 28.4 Å². The van der Waals surface area contributed by atoms with E-state index in [9.17, 15) is 9.59 Å². The van der Waals surface area contributed by atoms with Gasteiger partial charge >= 0.3 is 5.97 Å². The Hall–Kier alpha value is -3.63. The number of amides is 1. The molecule has 1 aliphatic carbocycles. The largest absolute Gasteiger partial charge is 0.465 e. The van der Waals surface area contributed by atoms with Crippen molar-refractivity contribution in [3.8, 4) is 5.69 Å². The van der Waals surface area contributed by atoms with Gasteiger partial charge in [-0.3, -0.25) is 9.36 Å². The number of nitrogens with zero attached hydrogens (tertiary/aromatic N) is 3. The maximum atomic E-state index is 12.8. The molecule has 1 amide bonds. The summed E-state index contributed by atoms with van der Waals surface area (Å²) >= 11 is 2.96. The number of rotatable bonds is 10. The number of aromatic nitrogens is 3. The molecule has 0 spiro atoms. The van der Waals surface area contributed by atoms with E-state index in [-0.39, 0.29) is 12.3 Å². The molecule has 8 nitrogen and oxygen atoms in total. The van der Waals surface area contributed by atoms with Crippen molar-refractivity contribution in [1.29, 1.82) is 0 Å². The third-order valence-corrected chi connectivity index (χ3v) is 8.45. The molecule has 1 aliphatic rings. The summed E-state index contributed by atoms with van der Waals surface area (Å²) in [6.07, 6.45) is 3.08. The zero-order chi connectivity index (χ0) is 26.5. The zero-order valence-corrected chi connectivity index (χ0v) is 23.0. The van der Waals surface area contributed by atoms with Crippen molar-refractivity contribution in [2.24, 2.45) is 0 Å². The number of fused-ring (bicyclic) bond motifs is 1. The average Bonchev–Trinajstić information content (AvgIpc) is 3.62. The number of methoxy groups -OCH3 is 1. The van der Waals surface area contributed by atoms with Gasteiger partial charge in [0.2, 0.25) is 5.91 Å². The summed E-state index contributed by atoms with van der Waals surface area (Å²) in [5.74, 6) is 0.757. The number of thioether (sulfide) groups is 1. The highest BCUT2D eigenvalue weighted by Gasteiger charge is 2.28. The lowest BCUT2D eigenvalue weighted by molar-refractivity contribution is -0.115. The first-order valence-corrected chi connectivity index (χ1v) is 14.3. The van der Waals surface area contributed by atoms with Crippen LogP contribution >= 0.6 is 23.1 Å². The second kappa shape index (κ2) is 11.8. The lowest BCUT2D eigenvalue weighted by Gasteiger charge is -2.12. The average molecular weight is 548 g/mol. The Morgan fingerprint density at radius 1 is 1.11 bits per heavy atom. The molecule has 0 saturated carbocycles. The first kappa shape index (κ1) is 26.0. The summed E-state index contributed by atoms with van der Waals surface area (Å²) in [6.45, 7) is 2.57. The fourth-order valence-corrected chi connectivity index (χ4v) is 6.72. The topological polar surface area (TPSA) is 98.1 Å². The normalized spacial score (nSPS) is 12.3. The number of ether oxygens (including phenoxy) is 1. The van der Waals surface area contributed by atoms with Crippen molar-refractivity contribution >= 4 is 45.7 Å². The number of esters is 1. The molecule has 0 bridgehead atoms. The highest BCUT2D eigenvalue weighted by atomic mass is 32.2. The number of hydrogen-bond donors (Lipinski definition) is 2. The van der Waals surface area contributed by atoms with Crippen LogP contribution in [0.1, 0.15) is 45.0 Å². The number of carbonyl (C=O) groups is 2. The molecule has 10 heteroatoms. The minimum Gasteiger partial charge on any atom is -0.465 e. The summed E-state index contributed by atoms with van der Waals surface area (Å²) in [5.41, 5.74) is 4.69. The second-order valence-corrected chi connectivity index (χ2v) is 11.2. The molecule has 2 aromatic carbocycles. The van der Waals surface area contributed by atoms with Gasteiger partial charge in [-0.25, -0.2) is 4.79 Å². The molecule has 0 saturated heterocycles. The molecule has 5 rings (SSSR count). The summed E-state index contributed by atoms with van der Waals surface area (Å²) in [5, 5.41) is 16.6. The molecule has 0 radical (unpaired) electrons. The monoisotopic (exact) mass is 547 g/mol. The van der Waals surface area contributed by atoms with Gasteiger partial charge in [-0.05, 0) is 61.6 Å². The van der Waals surface area contributed by atoms with Gasteiger partial charge in [0.05, 0.1) is 19.2 Å². The van der Waals surface area contributed by atoms with Crippen molar-refractivity contribution in [3.63, 3.8) is 0 Å². The highest BCUT2D eigenvalue weighted by molar-refractivity contribution is 7.99. The van der Waals surface area contributed by atoms with Crippen LogP contribution < -0.4 is 10.6 Å². The van der Waals surface area contributed by atoms with Crippen LogP contribution in [0.5, 0.6) is 0 Å². The predicted molar refractivity (Wildman–Crippen MR) is 152 cm³/mol. The summed E-state index contributed by atoms with van der Waals surface area (Å²) < 4.78 is 7.00. The first-order chi connectivity index (χ1) is 18.5. The van der Waals surface area contributed by atoms with E-state index in [1.54, 1.807) is 0 Å². The van der Waals surface area contributed by atoms with Crippen LogP contribution in [0.4, 0.5) is 10.7 Å². The highest BCUT2D eigenvalue weighted by Crippen LogP contribution is 2.39. The number of benzene rings is 2. The molecular weight excluding hydrogens is 518 g/mol. The third kappa shape index (κ3) is 5.76.